The molecule has 0 fully saturated rings. The van der Waals surface area contributed by atoms with Crippen molar-refractivity contribution in [2.75, 3.05) is 6.54 Å². The molecule has 0 saturated carbocycles. The minimum Gasteiger partial charge on any atom is -0.387 e. The molecule has 4 N–H and O–H groups in total. The van der Waals surface area contributed by atoms with Gasteiger partial charge in [-0.15, -0.1) is 0 Å². The SMILES string of the molecule is Cc1ccc(C(O)CNC(=O)[C@H](C)N)cc1. The predicted molar refractivity (Wildman–Crippen MR) is 62.8 cm³/mol. The predicted octanol–water partition coefficient (Wildman–Crippen LogP) is 0.492. The van der Waals surface area contributed by atoms with E-state index in [0.29, 0.717) is 0 Å². The largest absolute Gasteiger partial charge is 0.387 e. The van der Waals surface area contributed by atoms with Gasteiger partial charge in [0.2, 0.25) is 5.91 Å². The van der Waals surface area contributed by atoms with E-state index in [1.807, 2.05) is 31.2 Å². The lowest BCUT2D eigenvalue weighted by molar-refractivity contribution is -0.122. The lowest BCUT2D eigenvalue weighted by atomic mass is 10.1. The highest BCUT2D eigenvalue weighted by atomic mass is 16.3. The molecule has 0 aliphatic heterocycles. The Morgan fingerprint density at radius 3 is 2.50 bits per heavy atom. The number of nitrogens with two attached hydrogens (primary N) is 1. The van der Waals surface area contributed by atoms with Crippen molar-refractivity contribution in [3.8, 4) is 0 Å². The van der Waals surface area contributed by atoms with E-state index < -0.39 is 12.1 Å². The second kappa shape index (κ2) is 5.63. The molecule has 1 aromatic carbocycles. The Labute approximate surface area is 95.5 Å². The fourth-order valence-electron chi connectivity index (χ4n) is 1.26. The molecule has 0 radical (unpaired) electrons. The molecule has 0 spiro atoms. The third-order valence-corrected chi connectivity index (χ3v) is 2.35. The van der Waals surface area contributed by atoms with Crippen LogP contribution in [0.3, 0.4) is 0 Å². The van der Waals surface area contributed by atoms with Crippen molar-refractivity contribution in [3.05, 3.63) is 35.4 Å². The zero-order valence-electron chi connectivity index (χ0n) is 9.60. The molecule has 0 aliphatic rings. The molecule has 16 heavy (non-hydrogen) atoms. The Bertz CT molecular complexity index is 347. The zero-order valence-corrected chi connectivity index (χ0v) is 9.60. The van der Waals surface area contributed by atoms with Gasteiger partial charge in [0, 0.05) is 6.54 Å². The van der Waals surface area contributed by atoms with Gasteiger partial charge in [0.15, 0.2) is 0 Å². The van der Waals surface area contributed by atoms with Crippen molar-refractivity contribution < 1.29 is 9.90 Å². The zero-order chi connectivity index (χ0) is 12.1. The van der Waals surface area contributed by atoms with Crippen LogP contribution in [-0.2, 0) is 4.79 Å². The van der Waals surface area contributed by atoms with Crippen molar-refractivity contribution >= 4 is 5.91 Å². The van der Waals surface area contributed by atoms with Gasteiger partial charge in [-0.3, -0.25) is 4.79 Å². The molecule has 0 saturated heterocycles. The van der Waals surface area contributed by atoms with Gasteiger partial charge in [-0.2, -0.15) is 0 Å². The number of benzene rings is 1. The van der Waals surface area contributed by atoms with E-state index in [2.05, 4.69) is 5.32 Å². The van der Waals surface area contributed by atoms with Crippen molar-refractivity contribution in [2.45, 2.75) is 26.0 Å². The molecule has 1 unspecified atom stereocenters. The van der Waals surface area contributed by atoms with E-state index in [-0.39, 0.29) is 12.5 Å². The molecule has 2 atom stereocenters. The summed E-state index contributed by atoms with van der Waals surface area (Å²) in [6.07, 6.45) is -0.691. The van der Waals surface area contributed by atoms with Crippen LogP contribution in [0.15, 0.2) is 24.3 Å². The third-order valence-electron chi connectivity index (χ3n) is 2.35. The van der Waals surface area contributed by atoms with Gasteiger partial charge < -0.3 is 16.2 Å². The maximum atomic E-state index is 11.2. The van der Waals surface area contributed by atoms with E-state index in [0.717, 1.165) is 11.1 Å². The summed E-state index contributed by atoms with van der Waals surface area (Å²) in [4.78, 5) is 11.2. The van der Waals surface area contributed by atoms with Gasteiger partial charge in [0.1, 0.15) is 0 Å². The van der Waals surface area contributed by atoms with E-state index in [1.54, 1.807) is 6.92 Å². The van der Waals surface area contributed by atoms with Gasteiger partial charge in [-0.25, -0.2) is 0 Å². The van der Waals surface area contributed by atoms with E-state index in [9.17, 15) is 9.90 Å². The highest BCUT2D eigenvalue weighted by molar-refractivity contribution is 5.80. The Morgan fingerprint density at radius 1 is 1.44 bits per heavy atom. The van der Waals surface area contributed by atoms with Gasteiger partial charge in [-0.1, -0.05) is 29.8 Å². The molecule has 4 nitrogen and oxygen atoms in total. The first-order valence-electron chi connectivity index (χ1n) is 5.28. The number of rotatable bonds is 4. The van der Waals surface area contributed by atoms with Crippen LogP contribution >= 0.6 is 0 Å². The number of aliphatic hydroxyl groups is 1. The number of aryl methyl sites for hydroxylation is 1. The summed E-state index contributed by atoms with van der Waals surface area (Å²) in [5.74, 6) is -0.258. The van der Waals surface area contributed by atoms with Crippen LogP contribution in [0.1, 0.15) is 24.2 Å². The average Bonchev–Trinajstić information content (AvgIpc) is 2.26. The van der Waals surface area contributed by atoms with Crippen LogP contribution in [0.5, 0.6) is 0 Å². The molecule has 0 aromatic heterocycles. The number of nitrogens with one attached hydrogen (secondary N) is 1. The summed E-state index contributed by atoms with van der Waals surface area (Å²) >= 11 is 0. The topological polar surface area (TPSA) is 75.3 Å². The van der Waals surface area contributed by atoms with Crippen molar-refractivity contribution in [1.29, 1.82) is 0 Å². The Kier molecular flexibility index (Phi) is 4.46. The van der Waals surface area contributed by atoms with Crippen LogP contribution in [0.2, 0.25) is 0 Å². The first-order valence-corrected chi connectivity index (χ1v) is 5.28. The quantitative estimate of drug-likeness (QED) is 0.694. The van der Waals surface area contributed by atoms with Crippen LogP contribution in [0.25, 0.3) is 0 Å². The molecule has 1 amide bonds. The van der Waals surface area contributed by atoms with Crippen molar-refractivity contribution in [2.24, 2.45) is 5.73 Å². The summed E-state index contributed by atoms with van der Waals surface area (Å²) in [5, 5.41) is 12.4. The third kappa shape index (κ3) is 3.64. The minimum atomic E-state index is -0.691. The Morgan fingerprint density at radius 2 is 2.00 bits per heavy atom. The molecular weight excluding hydrogens is 204 g/mol. The standard InChI is InChI=1S/C12H18N2O2/c1-8-3-5-10(6-4-8)11(15)7-14-12(16)9(2)13/h3-6,9,11,15H,7,13H2,1-2H3,(H,14,16)/t9-,11?/m0/s1. The number of hydrogen-bond acceptors (Lipinski definition) is 3. The average molecular weight is 222 g/mol. The highest BCUT2D eigenvalue weighted by Crippen LogP contribution is 2.12. The maximum Gasteiger partial charge on any atom is 0.236 e. The lowest BCUT2D eigenvalue weighted by Crippen LogP contribution is -2.40. The maximum absolute atomic E-state index is 11.2. The molecule has 0 aliphatic carbocycles. The molecule has 88 valence electrons. The summed E-state index contributed by atoms with van der Waals surface area (Å²) < 4.78 is 0. The second-order valence-electron chi connectivity index (χ2n) is 3.96. The number of carbonyl (C=O) groups is 1. The lowest BCUT2D eigenvalue weighted by Gasteiger charge is -2.13. The number of carbonyl (C=O) groups excluding carboxylic acids is 1. The van der Waals surface area contributed by atoms with Crippen LogP contribution in [0, 0.1) is 6.92 Å². The van der Waals surface area contributed by atoms with Crippen molar-refractivity contribution in [1.82, 2.24) is 5.32 Å². The Hall–Kier alpha value is -1.39. The molecule has 1 aromatic rings. The molecule has 4 heteroatoms. The van der Waals surface area contributed by atoms with Crippen LogP contribution < -0.4 is 11.1 Å². The molecular formula is C12H18N2O2. The Balaban J connectivity index is 2.49. The second-order valence-corrected chi connectivity index (χ2v) is 3.96. The summed E-state index contributed by atoms with van der Waals surface area (Å²) in [6, 6.07) is 6.98. The van der Waals surface area contributed by atoms with Crippen LogP contribution in [-0.4, -0.2) is 23.6 Å². The fraction of sp³-hybridized carbons (Fsp3) is 0.417. The van der Waals surface area contributed by atoms with Gasteiger partial charge >= 0.3 is 0 Å². The first kappa shape index (κ1) is 12.7. The summed E-state index contributed by atoms with van der Waals surface area (Å²) in [6.45, 7) is 3.77. The minimum absolute atomic E-state index is 0.184. The van der Waals surface area contributed by atoms with E-state index in [4.69, 9.17) is 5.73 Å². The van der Waals surface area contributed by atoms with E-state index in [1.165, 1.54) is 0 Å². The monoisotopic (exact) mass is 222 g/mol. The number of hydrogen-bond donors (Lipinski definition) is 3. The smallest absolute Gasteiger partial charge is 0.236 e. The van der Waals surface area contributed by atoms with Gasteiger partial charge in [0.05, 0.1) is 12.1 Å². The molecule has 1 rings (SSSR count). The van der Waals surface area contributed by atoms with Gasteiger partial charge in [-0.05, 0) is 19.4 Å². The normalized spacial score (nSPS) is 14.2. The number of aliphatic hydroxyl groups excluding tert-OH is 1. The summed E-state index contributed by atoms with van der Waals surface area (Å²) in [7, 11) is 0. The summed E-state index contributed by atoms with van der Waals surface area (Å²) in [5.41, 5.74) is 7.31. The highest BCUT2D eigenvalue weighted by Gasteiger charge is 2.11. The molecule has 0 heterocycles. The van der Waals surface area contributed by atoms with Crippen molar-refractivity contribution in [3.63, 3.8) is 0 Å². The molecule has 0 bridgehead atoms. The first-order chi connectivity index (χ1) is 7.50. The van der Waals surface area contributed by atoms with Gasteiger partial charge in [0.25, 0.3) is 0 Å². The number of amides is 1. The van der Waals surface area contributed by atoms with E-state index >= 15 is 0 Å². The van der Waals surface area contributed by atoms with Crippen LogP contribution in [0.4, 0.5) is 0 Å². The fourth-order valence-corrected chi connectivity index (χ4v) is 1.26.